The van der Waals surface area contributed by atoms with Crippen molar-refractivity contribution in [2.75, 3.05) is 0 Å². The van der Waals surface area contributed by atoms with Gasteiger partial charge in [0.2, 0.25) is 0 Å². The Kier molecular flexibility index (Phi) is 6.39. The summed E-state index contributed by atoms with van der Waals surface area (Å²) >= 11 is 0. The Hall–Kier alpha value is -0.780. The van der Waals surface area contributed by atoms with Gasteiger partial charge in [-0.05, 0) is 87.0 Å². The van der Waals surface area contributed by atoms with E-state index in [9.17, 15) is 0 Å². The van der Waals surface area contributed by atoms with Gasteiger partial charge in [0, 0.05) is 0 Å². The third kappa shape index (κ3) is 4.93. The molecule has 26 heavy (non-hydrogen) atoms. The van der Waals surface area contributed by atoms with Gasteiger partial charge < -0.3 is 0 Å². The summed E-state index contributed by atoms with van der Waals surface area (Å²) in [6.45, 7) is 2.19. The van der Waals surface area contributed by atoms with Gasteiger partial charge in [-0.25, -0.2) is 0 Å². The van der Waals surface area contributed by atoms with Gasteiger partial charge in [0.1, 0.15) is 0 Å². The van der Waals surface area contributed by atoms with Gasteiger partial charge in [-0.1, -0.05) is 74.8 Å². The molecule has 0 radical (unpaired) electrons. The van der Waals surface area contributed by atoms with Gasteiger partial charge in [-0.2, -0.15) is 0 Å². The van der Waals surface area contributed by atoms with Crippen molar-refractivity contribution < 1.29 is 0 Å². The maximum Gasteiger partial charge on any atom is -0.0276 e. The Labute approximate surface area is 162 Å². The molecule has 0 aliphatic heterocycles. The third-order valence-electron chi connectivity index (χ3n) is 8.30. The van der Waals surface area contributed by atoms with E-state index in [1.807, 2.05) is 0 Å². The number of aryl methyl sites for hydroxylation is 2. The van der Waals surface area contributed by atoms with Gasteiger partial charge in [-0.3, -0.25) is 0 Å². The SMILES string of the molecule is Cc1ccc(CCC2CCC(C3CCC(CC4CCC4)CC3)CC2)cc1. The molecule has 4 rings (SSSR count). The molecule has 0 nitrogen and oxygen atoms in total. The summed E-state index contributed by atoms with van der Waals surface area (Å²) < 4.78 is 0. The molecule has 1 aromatic rings. The lowest BCUT2D eigenvalue weighted by Gasteiger charge is -2.39. The fourth-order valence-corrected chi connectivity index (χ4v) is 6.17. The molecule has 0 atom stereocenters. The van der Waals surface area contributed by atoms with E-state index >= 15 is 0 Å². The molecule has 0 N–H and O–H groups in total. The zero-order valence-electron chi connectivity index (χ0n) is 17.1. The summed E-state index contributed by atoms with van der Waals surface area (Å²) in [7, 11) is 0. The molecule has 0 heterocycles. The maximum atomic E-state index is 2.34. The molecule has 3 aliphatic carbocycles. The van der Waals surface area contributed by atoms with E-state index in [0.29, 0.717) is 0 Å². The molecule has 1 aromatic carbocycles. The van der Waals surface area contributed by atoms with E-state index in [1.165, 1.54) is 50.5 Å². The topological polar surface area (TPSA) is 0 Å². The second-order valence-corrected chi connectivity index (χ2v) is 10.1. The normalized spacial score (nSPS) is 33.0. The minimum Gasteiger partial charge on any atom is -0.0591 e. The van der Waals surface area contributed by atoms with Crippen LogP contribution in [0.4, 0.5) is 0 Å². The van der Waals surface area contributed by atoms with Crippen LogP contribution in [0, 0.1) is 36.5 Å². The lowest BCUT2D eigenvalue weighted by atomic mass is 9.67. The highest BCUT2D eigenvalue weighted by Crippen LogP contribution is 2.44. The van der Waals surface area contributed by atoms with Crippen molar-refractivity contribution in [1.82, 2.24) is 0 Å². The molecular weight excluding hydrogens is 312 g/mol. The Morgan fingerprint density at radius 3 is 1.73 bits per heavy atom. The smallest absolute Gasteiger partial charge is 0.0276 e. The van der Waals surface area contributed by atoms with E-state index in [4.69, 9.17) is 0 Å². The largest absolute Gasteiger partial charge is 0.0591 e. The Morgan fingerprint density at radius 1 is 0.654 bits per heavy atom. The third-order valence-corrected chi connectivity index (χ3v) is 8.30. The van der Waals surface area contributed by atoms with Gasteiger partial charge in [-0.15, -0.1) is 0 Å². The van der Waals surface area contributed by atoms with E-state index in [2.05, 4.69) is 31.2 Å². The van der Waals surface area contributed by atoms with Gasteiger partial charge in [0.25, 0.3) is 0 Å². The van der Waals surface area contributed by atoms with Crippen LogP contribution in [0.1, 0.15) is 94.6 Å². The van der Waals surface area contributed by atoms with Crippen molar-refractivity contribution in [2.45, 2.75) is 96.8 Å². The monoisotopic (exact) mass is 352 g/mol. The number of benzene rings is 1. The Balaban J connectivity index is 1.14. The zero-order valence-corrected chi connectivity index (χ0v) is 17.1. The van der Waals surface area contributed by atoms with Crippen LogP contribution in [0.25, 0.3) is 0 Å². The highest BCUT2D eigenvalue weighted by atomic mass is 14.4. The van der Waals surface area contributed by atoms with Crippen molar-refractivity contribution in [3.05, 3.63) is 35.4 Å². The number of hydrogen-bond donors (Lipinski definition) is 0. The first kappa shape index (κ1) is 18.6. The summed E-state index contributed by atoms with van der Waals surface area (Å²) in [5, 5.41) is 0. The van der Waals surface area contributed by atoms with Crippen LogP contribution in [0.3, 0.4) is 0 Å². The predicted octanol–water partition coefficient (Wildman–Crippen LogP) is 7.73. The van der Waals surface area contributed by atoms with E-state index in [-0.39, 0.29) is 0 Å². The first-order chi connectivity index (χ1) is 12.8. The van der Waals surface area contributed by atoms with Crippen molar-refractivity contribution in [3.63, 3.8) is 0 Å². The van der Waals surface area contributed by atoms with Crippen molar-refractivity contribution >= 4 is 0 Å². The summed E-state index contributed by atoms with van der Waals surface area (Å²) in [6.07, 6.45) is 21.3. The van der Waals surface area contributed by atoms with Crippen LogP contribution in [0.5, 0.6) is 0 Å². The van der Waals surface area contributed by atoms with Crippen molar-refractivity contribution in [2.24, 2.45) is 29.6 Å². The van der Waals surface area contributed by atoms with Crippen LogP contribution < -0.4 is 0 Å². The van der Waals surface area contributed by atoms with Crippen molar-refractivity contribution in [1.29, 1.82) is 0 Å². The van der Waals surface area contributed by atoms with Crippen molar-refractivity contribution in [3.8, 4) is 0 Å². The summed E-state index contributed by atoms with van der Waals surface area (Å²) in [5.74, 6) is 5.39. The molecule has 0 bridgehead atoms. The Bertz CT molecular complexity index is 522. The lowest BCUT2D eigenvalue weighted by Crippen LogP contribution is -2.27. The van der Waals surface area contributed by atoms with Gasteiger partial charge >= 0.3 is 0 Å². The maximum absolute atomic E-state index is 2.34. The first-order valence-corrected chi connectivity index (χ1v) is 11.8. The second kappa shape index (κ2) is 8.94. The molecule has 3 saturated carbocycles. The minimum absolute atomic E-state index is 1.00. The fraction of sp³-hybridized carbons (Fsp3) is 0.769. The van der Waals surface area contributed by atoms with Gasteiger partial charge in [0.05, 0.1) is 0 Å². The standard InChI is InChI=1S/C26H40/c1-20-5-7-21(8-6-20)9-10-22-11-15-25(16-12-22)26-17-13-24(14-18-26)19-23-3-2-4-23/h5-8,22-26H,2-4,9-19H2,1H3. The highest BCUT2D eigenvalue weighted by molar-refractivity contribution is 5.21. The minimum atomic E-state index is 1.00. The number of rotatable bonds is 6. The molecule has 0 spiro atoms. The van der Waals surface area contributed by atoms with Gasteiger partial charge in [0.15, 0.2) is 0 Å². The van der Waals surface area contributed by atoms with E-state index in [1.54, 1.807) is 50.5 Å². The zero-order chi connectivity index (χ0) is 17.8. The molecule has 0 saturated heterocycles. The summed E-state index contributed by atoms with van der Waals surface area (Å²) in [5.41, 5.74) is 2.93. The molecule has 3 fully saturated rings. The molecule has 144 valence electrons. The molecular formula is C26H40. The van der Waals surface area contributed by atoms with Crippen LogP contribution in [0.15, 0.2) is 24.3 Å². The second-order valence-electron chi connectivity index (χ2n) is 10.1. The molecule has 0 aromatic heterocycles. The summed E-state index contributed by atoms with van der Waals surface area (Å²) in [4.78, 5) is 0. The molecule has 0 unspecified atom stereocenters. The summed E-state index contributed by atoms with van der Waals surface area (Å²) in [6, 6.07) is 9.22. The van der Waals surface area contributed by atoms with Crippen LogP contribution >= 0.6 is 0 Å². The van der Waals surface area contributed by atoms with Crippen LogP contribution in [-0.4, -0.2) is 0 Å². The molecule has 3 aliphatic rings. The Morgan fingerprint density at radius 2 is 1.19 bits per heavy atom. The first-order valence-electron chi connectivity index (χ1n) is 11.8. The predicted molar refractivity (Wildman–Crippen MR) is 112 cm³/mol. The fourth-order valence-electron chi connectivity index (χ4n) is 6.17. The molecule has 0 heteroatoms. The quantitative estimate of drug-likeness (QED) is 0.491. The van der Waals surface area contributed by atoms with E-state index in [0.717, 1.165) is 29.6 Å². The molecule has 0 amide bonds. The van der Waals surface area contributed by atoms with Crippen LogP contribution in [0.2, 0.25) is 0 Å². The van der Waals surface area contributed by atoms with E-state index < -0.39 is 0 Å². The van der Waals surface area contributed by atoms with Crippen LogP contribution in [-0.2, 0) is 6.42 Å². The average molecular weight is 353 g/mol. The highest BCUT2D eigenvalue weighted by Gasteiger charge is 2.32. The lowest BCUT2D eigenvalue weighted by molar-refractivity contribution is 0.126. The average Bonchev–Trinajstić information content (AvgIpc) is 2.65. The number of hydrogen-bond acceptors (Lipinski definition) is 0.